The molecule has 0 heterocycles. The topological polar surface area (TPSA) is 132 Å². The van der Waals surface area contributed by atoms with Crippen LogP contribution < -0.4 is 10.6 Å². The zero-order valence-corrected chi connectivity index (χ0v) is 21.9. The van der Waals surface area contributed by atoms with Crippen LogP contribution in [0.15, 0.2) is 42.5 Å². The molecule has 36 heavy (non-hydrogen) atoms. The van der Waals surface area contributed by atoms with Gasteiger partial charge in [0.1, 0.15) is 30.0 Å². The number of benzene rings is 2. The van der Waals surface area contributed by atoms with Gasteiger partial charge in [-0.15, -0.1) is 0 Å². The van der Waals surface area contributed by atoms with Gasteiger partial charge < -0.3 is 25.4 Å². The molecule has 10 heteroatoms. The first-order valence-corrected chi connectivity index (χ1v) is 12.0. The Morgan fingerprint density at radius 1 is 1.11 bits per heavy atom. The summed E-state index contributed by atoms with van der Waals surface area (Å²) in [5, 5.41) is 25.6. The van der Waals surface area contributed by atoms with Crippen LogP contribution in [0.25, 0.3) is 0 Å². The van der Waals surface area contributed by atoms with Crippen molar-refractivity contribution in [1.29, 1.82) is 5.26 Å². The lowest BCUT2D eigenvalue weighted by Gasteiger charge is -2.33. The summed E-state index contributed by atoms with van der Waals surface area (Å²) in [5.41, 5.74) is 1.13. The lowest BCUT2D eigenvalue weighted by atomic mass is 9.99. The van der Waals surface area contributed by atoms with E-state index in [0.717, 1.165) is 10.5 Å². The average molecular weight is 513 g/mol. The zero-order valence-electron chi connectivity index (χ0n) is 21.0. The Labute approximate surface area is 216 Å². The highest BCUT2D eigenvalue weighted by Crippen LogP contribution is 2.33. The maximum atomic E-state index is 13.6. The second kappa shape index (κ2) is 12.3. The van der Waals surface area contributed by atoms with Gasteiger partial charge >= 0.3 is 6.09 Å². The smallest absolute Gasteiger partial charge is 0.408 e. The average Bonchev–Trinajstić information content (AvgIpc) is 2.79. The molecule has 0 spiro atoms. The van der Waals surface area contributed by atoms with Crippen molar-refractivity contribution in [2.45, 2.75) is 52.3 Å². The number of rotatable bonds is 8. The molecule has 192 valence electrons. The lowest BCUT2D eigenvalue weighted by Crippen LogP contribution is -2.53. The molecule has 0 aliphatic heterocycles. The van der Waals surface area contributed by atoms with Gasteiger partial charge in [0.05, 0.1) is 6.07 Å². The number of thiol groups is 1. The highest BCUT2D eigenvalue weighted by atomic mass is 32.1. The van der Waals surface area contributed by atoms with Crippen LogP contribution in [0.4, 0.5) is 10.5 Å². The van der Waals surface area contributed by atoms with Crippen LogP contribution in [0.2, 0.25) is 0 Å². The number of hydrogen-bond donors (Lipinski definition) is 4. The number of carbonyl (C=O) groups is 3. The molecule has 0 aromatic heterocycles. The number of nitrogens with zero attached hydrogens (tertiary/aromatic N) is 2. The number of phenols is 1. The number of para-hydroxylation sites is 2. The van der Waals surface area contributed by atoms with E-state index in [-0.39, 0.29) is 17.1 Å². The third-order valence-electron chi connectivity index (χ3n) is 5.22. The van der Waals surface area contributed by atoms with Crippen LogP contribution in [-0.2, 0) is 14.3 Å². The lowest BCUT2D eigenvalue weighted by molar-refractivity contribution is -0.139. The minimum atomic E-state index is -1.38. The van der Waals surface area contributed by atoms with E-state index < -0.39 is 42.1 Å². The van der Waals surface area contributed by atoms with Gasteiger partial charge in [-0.1, -0.05) is 36.4 Å². The first-order chi connectivity index (χ1) is 16.9. The van der Waals surface area contributed by atoms with Crippen molar-refractivity contribution in [3.05, 3.63) is 59.2 Å². The van der Waals surface area contributed by atoms with Crippen molar-refractivity contribution in [3.63, 3.8) is 0 Å². The maximum Gasteiger partial charge on any atom is 0.408 e. The predicted molar refractivity (Wildman–Crippen MR) is 140 cm³/mol. The van der Waals surface area contributed by atoms with Gasteiger partial charge in [0.2, 0.25) is 5.91 Å². The molecular weight excluding hydrogens is 480 g/mol. The second-order valence-electron chi connectivity index (χ2n) is 9.23. The highest BCUT2D eigenvalue weighted by molar-refractivity contribution is 7.80. The summed E-state index contributed by atoms with van der Waals surface area (Å²) >= 11 is 4.19. The minimum Gasteiger partial charge on any atom is -0.507 e. The summed E-state index contributed by atoms with van der Waals surface area (Å²) in [6, 6.07) is 11.2. The number of alkyl carbamates (subject to hydrolysis) is 1. The maximum absolute atomic E-state index is 13.6. The molecule has 2 rings (SSSR count). The number of amides is 3. The van der Waals surface area contributed by atoms with Gasteiger partial charge in [-0.2, -0.15) is 17.9 Å². The Kier molecular flexibility index (Phi) is 9.76. The molecule has 2 aromatic carbocycles. The van der Waals surface area contributed by atoms with E-state index in [9.17, 15) is 24.8 Å². The standard InChI is InChI=1S/C26H32N4O5S/c1-16-9-6-7-12-19(16)28-23(32)21(18-11-8-10-17(2)22(18)31)30(14-13-27)24(33)20(15-36)29-25(34)35-26(3,4)5/h6-12,20-21,31,36H,14-15H2,1-5H3,(H,28,32)(H,29,34). The number of carbonyl (C=O) groups excluding carboxylic acids is 3. The molecule has 0 saturated carbocycles. The molecule has 0 aliphatic rings. The van der Waals surface area contributed by atoms with Gasteiger partial charge in [0.15, 0.2) is 0 Å². The van der Waals surface area contributed by atoms with E-state index in [1.54, 1.807) is 52.0 Å². The third kappa shape index (κ3) is 7.39. The molecule has 9 nitrogen and oxygen atoms in total. The fourth-order valence-electron chi connectivity index (χ4n) is 3.48. The highest BCUT2D eigenvalue weighted by Gasteiger charge is 2.37. The summed E-state index contributed by atoms with van der Waals surface area (Å²) in [6.45, 7) is 8.02. The molecule has 2 atom stereocenters. The summed E-state index contributed by atoms with van der Waals surface area (Å²) in [6.07, 6.45) is -0.842. The molecule has 3 N–H and O–H groups in total. The van der Waals surface area contributed by atoms with E-state index in [4.69, 9.17) is 4.74 Å². The largest absolute Gasteiger partial charge is 0.507 e. The summed E-state index contributed by atoms with van der Waals surface area (Å²) < 4.78 is 5.24. The fourth-order valence-corrected chi connectivity index (χ4v) is 3.72. The van der Waals surface area contributed by atoms with Crippen LogP contribution in [0.1, 0.15) is 43.5 Å². The van der Waals surface area contributed by atoms with Gasteiger partial charge in [0, 0.05) is 17.0 Å². The number of nitriles is 1. The first-order valence-electron chi connectivity index (χ1n) is 11.3. The van der Waals surface area contributed by atoms with E-state index in [0.29, 0.717) is 11.3 Å². The normalized spacial score (nSPS) is 12.6. The van der Waals surface area contributed by atoms with Crippen molar-refractivity contribution >= 4 is 36.2 Å². The van der Waals surface area contributed by atoms with Gasteiger partial charge in [-0.3, -0.25) is 9.59 Å². The molecule has 2 unspecified atom stereocenters. The summed E-state index contributed by atoms with van der Waals surface area (Å²) in [4.78, 5) is 40.6. The molecule has 2 aromatic rings. The van der Waals surface area contributed by atoms with Crippen molar-refractivity contribution in [2.75, 3.05) is 17.6 Å². The Bertz CT molecular complexity index is 1160. The zero-order chi connectivity index (χ0) is 27.0. The van der Waals surface area contributed by atoms with Crippen LogP contribution in [0.5, 0.6) is 5.75 Å². The number of nitrogens with one attached hydrogen (secondary N) is 2. The van der Waals surface area contributed by atoms with E-state index in [2.05, 4.69) is 23.3 Å². The summed E-state index contributed by atoms with van der Waals surface area (Å²) in [5.74, 6) is -1.67. The molecule has 0 aliphatic carbocycles. The number of ether oxygens (including phenoxy) is 1. The number of aryl methyl sites for hydroxylation is 2. The quantitative estimate of drug-likeness (QED) is 0.314. The number of phenolic OH excluding ortho intramolecular Hbond substituents is 1. The number of anilines is 1. The molecule has 0 saturated heterocycles. The van der Waals surface area contributed by atoms with E-state index >= 15 is 0 Å². The fraction of sp³-hybridized carbons (Fsp3) is 0.385. The molecule has 0 fully saturated rings. The molecular formula is C26H32N4O5S. The number of hydrogen-bond acceptors (Lipinski definition) is 7. The van der Waals surface area contributed by atoms with E-state index in [1.165, 1.54) is 6.07 Å². The second-order valence-corrected chi connectivity index (χ2v) is 9.59. The van der Waals surface area contributed by atoms with Crippen LogP contribution >= 0.6 is 12.6 Å². The molecule has 3 amide bonds. The number of aromatic hydroxyl groups is 1. The van der Waals surface area contributed by atoms with Crippen LogP contribution in [0, 0.1) is 25.2 Å². The van der Waals surface area contributed by atoms with Crippen LogP contribution in [-0.4, -0.2) is 51.9 Å². The third-order valence-corrected chi connectivity index (χ3v) is 5.59. The molecule has 0 radical (unpaired) electrons. The summed E-state index contributed by atoms with van der Waals surface area (Å²) in [7, 11) is 0. The van der Waals surface area contributed by atoms with Gasteiger partial charge in [-0.25, -0.2) is 4.79 Å². The Morgan fingerprint density at radius 3 is 2.33 bits per heavy atom. The van der Waals surface area contributed by atoms with Crippen molar-refractivity contribution in [1.82, 2.24) is 10.2 Å². The first kappa shape index (κ1) is 28.5. The predicted octanol–water partition coefficient (Wildman–Crippen LogP) is 3.86. The van der Waals surface area contributed by atoms with E-state index in [1.807, 2.05) is 25.1 Å². The van der Waals surface area contributed by atoms with Gasteiger partial charge in [0.25, 0.3) is 5.91 Å². The van der Waals surface area contributed by atoms with Gasteiger partial charge in [-0.05, 0) is 51.8 Å². The van der Waals surface area contributed by atoms with Crippen molar-refractivity contribution < 1.29 is 24.2 Å². The van der Waals surface area contributed by atoms with Crippen molar-refractivity contribution in [2.24, 2.45) is 0 Å². The monoisotopic (exact) mass is 512 g/mol. The Hall–Kier alpha value is -3.71. The van der Waals surface area contributed by atoms with Crippen LogP contribution in [0.3, 0.4) is 0 Å². The van der Waals surface area contributed by atoms with Crippen molar-refractivity contribution in [3.8, 4) is 11.8 Å². The SMILES string of the molecule is Cc1ccccc1NC(=O)C(c1cccc(C)c1O)N(CC#N)C(=O)C(CS)NC(=O)OC(C)(C)C. The minimum absolute atomic E-state index is 0.119. The Balaban J connectivity index is 2.52. The molecule has 0 bridgehead atoms. The Morgan fingerprint density at radius 2 is 1.75 bits per heavy atom.